The van der Waals surface area contributed by atoms with E-state index < -0.39 is 17.5 Å². The molecule has 0 spiro atoms. The molecule has 138 valence electrons. The lowest BCUT2D eigenvalue weighted by molar-refractivity contribution is 0.0209. The first-order valence-corrected chi connectivity index (χ1v) is 8.65. The summed E-state index contributed by atoms with van der Waals surface area (Å²) in [6.07, 6.45) is 3.33. The number of piperidine rings is 3. The first kappa shape index (κ1) is 17.0. The second-order valence-electron chi connectivity index (χ2n) is 6.77. The van der Waals surface area contributed by atoms with Crippen molar-refractivity contribution in [1.82, 2.24) is 15.2 Å². The Balaban J connectivity index is 1.43. The lowest BCUT2D eigenvalue weighted by Crippen LogP contribution is -2.62. The van der Waals surface area contributed by atoms with Crippen LogP contribution in [0.25, 0.3) is 0 Å². The van der Waals surface area contributed by atoms with Crippen LogP contribution in [0.4, 0.5) is 8.78 Å². The molecule has 0 unspecified atom stereocenters. The predicted octanol–water partition coefficient (Wildman–Crippen LogP) is 2.96. The molecule has 1 N–H and O–H groups in total. The van der Waals surface area contributed by atoms with Gasteiger partial charge in [0.05, 0.1) is 0 Å². The molecule has 6 nitrogen and oxygen atoms in total. The smallest absolute Gasteiger partial charge is 0.311 e. The largest absolute Gasteiger partial charge is 0.422 e. The highest BCUT2D eigenvalue weighted by molar-refractivity contribution is 5.90. The molecule has 3 aliphatic rings. The van der Waals surface area contributed by atoms with Crippen molar-refractivity contribution in [2.24, 2.45) is 5.92 Å². The first-order chi connectivity index (χ1) is 12.5. The molecule has 1 aromatic carbocycles. The van der Waals surface area contributed by atoms with Crippen LogP contribution in [0, 0.1) is 17.6 Å². The maximum atomic E-state index is 13.6. The molecule has 2 bridgehead atoms. The maximum absolute atomic E-state index is 13.6. The van der Waals surface area contributed by atoms with Crippen LogP contribution in [0.3, 0.4) is 0 Å². The number of benzene rings is 1. The van der Waals surface area contributed by atoms with Gasteiger partial charge in [-0.15, -0.1) is 0 Å². The molecule has 5 rings (SSSR count). The van der Waals surface area contributed by atoms with Gasteiger partial charge in [-0.25, -0.2) is 13.8 Å². The number of fused-ring (bicyclic) bond motifs is 3. The van der Waals surface area contributed by atoms with Crippen LogP contribution in [-0.2, 0) is 0 Å². The number of ether oxygens (including phenoxy) is 1. The van der Waals surface area contributed by atoms with Crippen LogP contribution in [-0.4, -0.2) is 41.0 Å². The van der Waals surface area contributed by atoms with Gasteiger partial charge in [-0.1, -0.05) is 0 Å². The van der Waals surface area contributed by atoms with E-state index in [9.17, 15) is 13.6 Å². The molecule has 2 aromatic rings. The summed E-state index contributed by atoms with van der Waals surface area (Å²) in [6.45, 7) is 4.24. The number of rotatable bonds is 4. The molecular formula is C18H19F2N3O3. The summed E-state index contributed by atoms with van der Waals surface area (Å²) in [7, 11) is 0. The summed E-state index contributed by atoms with van der Waals surface area (Å²) in [5, 5.41) is 3.00. The molecule has 3 fully saturated rings. The average Bonchev–Trinajstić information content (AvgIpc) is 3.09. The number of amides is 1. The zero-order valence-corrected chi connectivity index (χ0v) is 14.2. The molecule has 3 aliphatic heterocycles. The van der Waals surface area contributed by atoms with Gasteiger partial charge in [0.15, 0.2) is 11.6 Å². The molecule has 0 saturated carbocycles. The number of oxazole rings is 1. The number of nitrogens with zero attached hydrogens (tertiary/aromatic N) is 2. The fraction of sp³-hybridized carbons (Fsp3) is 0.444. The minimum atomic E-state index is -0.867. The highest BCUT2D eigenvalue weighted by Crippen LogP contribution is 2.32. The number of aromatic nitrogens is 1. The normalized spacial score (nSPS) is 27.3. The van der Waals surface area contributed by atoms with Gasteiger partial charge in [-0.05, 0) is 50.9 Å². The second kappa shape index (κ2) is 6.68. The van der Waals surface area contributed by atoms with Crippen molar-refractivity contribution in [3.8, 4) is 11.7 Å². The van der Waals surface area contributed by atoms with Crippen molar-refractivity contribution in [3.05, 3.63) is 41.9 Å². The quantitative estimate of drug-likeness (QED) is 0.905. The molecule has 1 amide bonds. The van der Waals surface area contributed by atoms with Crippen molar-refractivity contribution in [1.29, 1.82) is 0 Å². The van der Waals surface area contributed by atoms with Crippen molar-refractivity contribution in [3.63, 3.8) is 0 Å². The fourth-order valence-corrected chi connectivity index (χ4v) is 3.84. The maximum Gasteiger partial charge on any atom is 0.311 e. The van der Waals surface area contributed by atoms with E-state index in [0.29, 0.717) is 12.0 Å². The van der Waals surface area contributed by atoms with Gasteiger partial charge < -0.3 is 14.5 Å². The number of hydrogen-bond acceptors (Lipinski definition) is 5. The lowest BCUT2D eigenvalue weighted by Gasteiger charge is -2.49. The van der Waals surface area contributed by atoms with Crippen LogP contribution in [0.2, 0.25) is 0 Å². The van der Waals surface area contributed by atoms with Crippen molar-refractivity contribution >= 4 is 5.91 Å². The minimum absolute atomic E-state index is 0.0517. The van der Waals surface area contributed by atoms with Crippen LogP contribution >= 0.6 is 0 Å². The number of carbonyl (C=O) groups excluding carboxylic acids is 1. The zero-order valence-electron chi connectivity index (χ0n) is 14.2. The predicted molar refractivity (Wildman–Crippen MR) is 87.9 cm³/mol. The highest BCUT2D eigenvalue weighted by Gasteiger charge is 2.40. The molecular weight excluding hydrogens is 344 g/mol. The number of nitrogens with one attached hydrogen (secondary N) is 1. The number of carbonyl (C=O) groups is 1. The monoisotopic (exact) mass is 363 g/mol. The van der Waals surface area contributed by atoms with Crippen molar-refractivity contribution < 1.29 is 22.7 Å². The van der Waals surface area contributed by atoms with E-state index in [4.69, 9.17) is 9.15 Å². The van der Waals surface area contributed by atoms with E-state index in [0.717, 1.165) is 38.1 Å². The Hall–Kier alpha value is -2.48. The van der Waals surface area contributed by atoms with Gasteiger partial charge in [-0.2, -0.15) is 0 Å². The Morgan fingerprint density at radius 2 is 2.12 bits per heavy atom. The number of hydrogen-bond donors (Lipinski definition) is 1. The van der Waals surface area contributed by atoms with Crippen LogP contribution in [0.1, 0.15) is 30.5 Å². The van der Waals surface area contributed by atoms with E-state index in [1.165, 1.54) is 6.20 Å². The fourth-order valence-electron chi connectivity index (χ4n) is 3.84. The second-order valence-corrected chi connectivity index (χ2v) is 6.77. The van der Waals surface area contributed by atoms with Crippen molar-refractivity contribution in [2.45, 2.75) is 31.8 Å². The highest BCUT2D eigenvalue weighted by atomic mass is 19.1. The summed E-state index contributed by atoms with van der Waals surface area (Å²) in [4.78, 5) is 18.7. The van der Waals surface area contributed by atoms with Gasteiger partial charge in [-0.3, -0.25) is 9.69 Å². The summed E-state index contributed by atoms with van der Waals surface area (Å²) in [5.74, 6) is -2.04. The SMILES string of the molecule is C[C@H]1[C@H](NC(=O)c2ncc(Oc3ccc(F)cc3F)o2)C2CCN1CC2. The van der Waals surface area contributed by atoms with E-state index in [1.807, 2.05) is 0 Å². The van der Waals surface area contributed by atoms with Gasteiger partial charge >= 0.3 is 11.9 Å². The molecule has 2 atom stereocenters. The van der Waals surface area contributed by atoms with Gasteiger partial charge in [0.1, 0.15) is 12.0 Å². The third-order valence-electron chi connectivity index (χ3n) is 5.26. The van der Waals surface area contributed by atoms with Crippen molar-refractivity contribution in [2.75, 3.05) is 13.1 Å². The molecule has 0 radical (unpaired) electrons. The Labute approximate surface area is 149 Å². The molecule has 26 heavy (non-hydrogen) atoms. The van der Waals surface area contributed by atoms with Gasteiger partial charge in [0.2, 0.25) is 0 Å². The van der Waals surface area contributed by atoms with E-state index in [1.54, 1.807) is 0 Å². The standard InChI is InChI=1S/C18H19F2N3O3/c1-10-16(11-4-6-23(10)7-5-11)22-17(24)18-21-9-15(26-18)25-14-3-2-12(19)8-13(14)20/h2-3,8-11,16H,4-7H2,1H3,(H,22,24)/t10-,16-/m0/s1. The third kappa shape index (κ3) is 3.16. The van der Waals surface area contributed by atoms with Crippen LogP contribution in [0.15, 0.2) is 28.8 Å². The Morgan fingerprint density at radius 3 is 2.81 bits per heavy atom. The first-order valence-electron chi connectivity index (χ1n) is 8.65. The number of halogens is 2. The topological polar surface area (TPSA) is 67.6 Å². The van der Waals surface area contributed by atoms with E-state index >= 15 is 0 Å². The Morgan fingerprint density at radius 1 is 1.35 bits per heavy atom. The van der Waals surface area contributed by atoms with E-state index in [-0.39, 0.29) is 29.7 Å². The molecule has 0 aliphatic carbocycles. The summed E-state index contributed by atoms with van der Waals surface area (Å²) >= 11 is 0. The molecule has 3 saturated heterocycles. The van der Waals surface area contributed by atoms with Crippen LogP contribution in [0.5, 0.6) is 11.7 Å². The minimum Gasteiger partial charge on any atom is -0.422 e. The van der Waals surface area contributed by atoms with E-state index in [2.05, 4.69) is 22.1 Å². The van der Waals surface area contributed by atoms with Gasteiger partial charge in [0.25, 0.3) is 5.89 Å². The Kier molecular flexibility index (Phi) is 4.36. The third-order valence-corrected chi connectivity index (χ3v) is 5.26. The average molecular weight is 363 g/mol. The molecule has 4 heterocycles. The molecule has 8 heteroatoms. The molecule has 1 aromatic heterocycles. The zero-order chi connectivity index (χ0) is 18.3. The van der Waals surface area contributed by atoms with Gasteiger partial charge in [0, 0.05) is 18.2 Å². The van der Waals surface area contributed by atoms with Crippen LogP contribution < -0.4 is 10.1 Å². The summed E-state index contributed by atoms with van der Waals surface area (Å²) in [5.41, 5.74) is 0. The summed E-state index contributed by atoms with van der Waals surface area (Å²) < 4.78 is 37.0. The lowest BCUT2D eigenvalue weighted by atomic mass is 9.79. The summed E-state index contributed by atoms with van der Waals surface area (Å²) in [6, 6.07) is 3.23. The Bertz CT molecular complexity index is 816.